The van der Waals surface area contributed by atoms with Crippen LogP contribution >= 0.6 is 11.6 Å². The summed E-state index contributed by atoms with van der Waals surface area (Å²) in [6.07, 6.45) is 1.36. The molecule has 3 aromatic heterocycles. The molecule has 4 rings (SSSR count). The quantitative estimate of drug-likeness (QED) is 0.472. The van der Waals surface area contributed by atoms with Gasteiger partial charge in [-0.2, -0.15) is 9.61 Å². The summed E-state index contributed by atoms with van der Waals surface area (Å²) >= 11 is 6.36. The Balaban J connectivity index is 1.93. The van der Waals surface area contributed by atoms with Crippen molar-refractivity contribution in [2.75, 3.05) is 13.2 Å². The first-order chi connectivity index (χ1) is 13.6. The van der Waals surface area contributed by atoms with Gasteiger partial charge >= 0.3 is 5.97 Å². The number of carbonyl (C=O) groups is 1. The van der Waals surface area contributed by atoms with Gasteiger partial charge in [-0.25, -0.2) is 14.8 Å². The molecule has 10 heteroatoms. The lowest BCUT2D eigenvalue weighted by Crippen LogP contribution is -2.09. The highest BCUT2D eigenvalue weighted by molar-refractivity contribution is 6.32. The number of esters is 1. The highest BCUT2D eigenvalue weighted by atomic mass is 35.5. The van der Waals surface area contributed by atoms with Gasteiger partial charge in [-0.1, -0.05) is 23.7 Å². The van der Waals surface area contributed by atoms with E-state index >= 15 is 0 Å². The van der Waals surface area contributed by atoms with Crippen LogP contribution in [0.2, 0.25) is 5.15 Å². The van der Waals surface area contributed by atoms with Crippen LogP contribution in [-0.4, -0.2) is 49.0 Å². The molecule has 0 saturated carbocycles. The van der Waals surface area contributed by atoms with E-state index in [0.29, 0.717) is 23.3 Å². The predicted molar refractivity (Wildman–Crippen MR) is 101 cm³/mol. The van der Waals surface area contributed by atoms with E-state index in [2.05, 4.69) is 25.3 Å². The number of ether oxygens (including phenoxy) is 2. The van der Waals surface area contributed by atoms with Crippen molar-refractivity contribution < 1.29 is 14.3 Å². The number of carbonyl (C=O) groups excluding carboxylic acids is 1. The van der Waals surface area contributed by atoms with Gasteiger partial charge < -0.3 is 9.47 Å². The van der Waals surface area contributed by atoms with E-state index in [4.69, 9.17) is 21.1 Å². The van der Waals surface area contributed by atoms with Crippen LogP contribution < -0.4 is 4.74 Å². The van der Waals surface area contributed by atoms with E-state index in [1.54, 1.807) is 6.92 Å². The first-order valence-electron chi connectivity index (χ1n) is 8.61. The van der Waals surface area contributed by atoms with Crippen LogP contribution in [-0.2, 0) is 4.74 Å². The fourth-order valence-corrected chi connectivity index (χ4v) is 2.95. The van der Waals surface area contributed by atoms with Crippen LogP contribution in [0.5, 0.6) is 5.88 Å². The minimum Gasteiger partial charge on any atom is -0.476 e. The number of hydrogen-bond donors (Lipinski definition) is 0. The van der Waals surface area contributed by atoms with E-state index < -0.39 is 5.97 Å². The Morgan fingerprint density at radius 2 is 1.82 bits per heavy atom. The van der Waals surface area contributed by atoms with E-state index in [0.717, 1.165) is 0 Å². The minimum atomic E-state index is -0.537. The number of aromatic nitrogens is 6. The van der Waals surface area contributed by atoms with Crippen molar-refractivity contribution in [3.05, 3.63) is 41.2 Å². The molecule has 0 saturated heterocycles. The summed E-state index contributed by atoms with van der Waals surface area (Å²) in [4.78, 5) is 21.0. The minimum absolute atomic E-state index is 0.158. The number of fused-ring (bicyclic) bond motifs is 2. The molecule has 28 heavy (non-hydrogen) atoms. The Kier molecular flexibility index (Phi) is 4.74. The molecule has 0 fully saturated rings. The third kappa shape index (κ3) is 2.99. The zero-order chi connectivity index (χ0) is 19.7. The van der Waals surface area contributed by atoms with Crippen molar-refractivity contribution >= 4 is 34.3 Å². The first-order valence-corrected chi connectivity index (χ1v) is 8.98. The molecule has 0 spiro atoms. The Hall–Kier alpha value is -3.33. The SMILES string of the molecule is CCOC(=O)c1cnn2c(OCC)c(-c3nc4ccccc4nc3Cl)nnc12. The van der Waals surface area contributed by atoms with Crippen molar-refractivity contribution in [1.82, 2.24) is 29.8 Å². The molecule has 0 aliphatic carbocycles. The molecule has 0 atom stereocenters. The second-order valence-electron chi connectivity index (χ2n) is 5.65. The Bertz CT molecular complexity index is 1190. The summed E-state index contributed by atoms with van der Waals surface area (Å²) in [5, 5.41) is 12.7. The van der Waals surface area contributed by atoms with E-state index in [1.807, 2.05) is 31.2 Å². The molecule has 3 heterocycles. The molecule has 0 radical (unpaired) electrons. The van der Waals surface area contributed by atoms with E-state index in [-0.39, 0.29) is 34.5 Å². The highest BCUT2D eigenvalue weighted by Crippen LogP contribution is 2.32. The summed E-state index contributed by atoms with van der Waals surface area (Å²) < 4.78 is 12.2. The normalized spacial score (nSPS) is 11.1. The van der Waals surface area contributed by atoms with E-state index in [9.17, 15) is 4.79 Å². The summed E-state index contributed by atoms with van der Waals surface area (Å²) in [5.41, 5.74) is 2.31. The van der Waals surface area contributed by atoms with Gasteiger partial charge in [-0.15, -0.1) is 10.2 Å². The van der Waals surface area contributed by atoms with Gasteiger partial charge in [0, 0.05) is 0 Å². The molecule has 142 valence electrons. The predicted octanol–water partition coefficient (Wildman–Crippen LogP) is 2.96. The fourth-order valence-electron chi connectivity index (χ4n) is 2.72. The molecule has 0 bridgehead atoms. The summed E-state index contributed by atoms with van der Waals surface area (Å²) in [6.45, 7) is 4.11. The van der Waals surface area contributed by atoms with Crippen molar-refractivity contribution in [2.24, 2.45) is 0 Å². The van der Waals surface area contributed by atoms with Gasteiger partial charge in [0.2, 0.25) is 5.88 Å². The van der Waals surface area contributed by atoms with Crippen LogP contribution in [0.15, 0.2) is 30.5 Å². The van der Waals surface area contributed by atoms with Crippen LogP contribution in [0.1, 0.15) is 24.2 Å². The molecule has 1 aromatic carbocycles. The lowest BCUT2D eigenvalue weighted by molar-refractivity contribution is 0.0528. The molecule has 0 aliphatic heterocycles. The molecular formula is C18H15ClN6O3. The largest absolute Gasteiger partial charge is 0.476 e. The maximum atomic E-state index is 12.1. The summed E-state index contributed by atoms with van der Waals surface area (Å²) in [6, 6.07) is 7.34. The molecule has 0 aliphatic rings. The van der Waals surface area contributed by atoms with Crippen LogP contribution in [0.25, 0.3) is 28.1 Å². The number of para-hydroxylation sites is 2. The average molecular weight is 399 g/mol. The number of nitrogens with zero attached hydrogens (tertiary/aromatic N) is 6. The Morgan fingerprint density at radius 1 is 1.07 bits per heavy atom. The number of halogens is 1. The fraction of sp³-hybridized carbons (Fsp3) is 0.222. The van der Waals surface area contributed by atoms with Gasteiger partial charge in [-0.05, 0) is 26.0 Å². The lowest BCUT2D eigenvalue weighted by Gasteiger charge is -2.11. The van der Waals surface area contributed by atoms with Crippen LogP contribution in [0.3, 0.4) is 0 Å². The monoisotopic (exact) mass is 398 g/mol. The van der Waals surface area contributed by atoms with Crippen molar-refractivity contribution in [3.63, 3.8) is 0 Å². The Morgan fingerprint density at radius 3 is 2.54 bits per heavy atom. The average Bonchev–Trinajstić information content (AvgIpc) is 3.13. The summed E-state index contributed by atoms with van der Waals surface area (Å²) in [5.74, 6) is -0.278. The highest BCUT2D eigenvalue weighted by Gasteiger charge is 2.24. The van der Waals surface area contributed by atoms with Gasteiger partial charge in [0.15, 0.2) is 16.5 Å². The molecular weight excluding hydrogens is 384 g/mol. The van der Waals surface area contributed by atoms with Crippen LogP contribution in [0, 0.1) is 0 Å². The molecule has 0 amide bonds. The first kappa shape index (κ1) is 18.1. The third-order valence-corrected chi connectivity index (χ3v) is 4.18. The van der Waals surface area contributed by atoms with Crippen molar-refractivity contribution in [2.45, 2.75) is 13.8 Å². The number of rotatable bonds is 5. The van der Waals surface area contributed by atoms with Gasteiger partial charge in [0.1, 0.15) is 11.3 Å². The second-order valence-corrected chi connectivity index (χ2v) is 6.01. The van der Waals surface area contributed by atoms with Crippen LogP contribution in [0.4, 0.5) is 0 Å². The van der Waals surface area contributed by atoms with Gasteiger partial charge in [0.05, 0.1) is 30.4 Å². The second kappa shape index (κ2) is 7.35. The zero-order valence-electron chi connectivity index (χ0n) is 15.1. The molecule has 0 N–H and O–H groups in total. The molecule has 0 unspecified atom stereocenters. The molecule has 4 aromatic rings. The topological polar surface area (TPSA) is 104 Å². The molecule has 9 nitrogen and oxygen atoms in total. The van der Waals surface area contributed by atoms with Crippen molar-refractivity contribution in [3.8, 4) is 17.3 Å². The van der Waals surface area contributed by atoms with Crippen molar-refractivity contribution in [1.29, 1.82) is 0 Å². The standard InChI is InChI=1S/C18H15ClN6O3/c1-3-27-17-14(13-15(19)22-12-8-6-5-7-11(12)21-13)23-24-16-10(9-20-25(16)17)18(26)28-4-2/h5-9H,3-4H2,1-2H3. The third-order valence-electron chi connectivity index (χ3n) is 3.91. The van der Waals surface area contributed by atoms with Gasteiger partial charge in [0.25, 0.3) is 0 Å². The smallest absolute Gasteiger partial charge is 0.343 e. The Labute approximate surface area is 164 Å². The van der Waals surface area contributed by atoms with Gasteiger partial charge in [-0.3, -0.25) is 0 Å². The lowest BCUT2D eigenvalue weighted by atomic mass is 10.2. The maximum absolute atomic E-state index is 12.1. The zero-order valence-corrected chi connectivity index (χ0v) is 15.8. The summed E-state index contributed by atoms with van der Waals surface area (Å²) in [7, 11) is 0. The number of benzene rings is 1. The number of hydrogen-bond acceptors (Lipinski definition) is 8. The van der Waals surface area contributed by atoms with E-state index in [1.165, 1.54) is 10.7 Å². The maximum Gasteiger partial charge on any atom is 0.343 e.